The van der Waals surface area contributed by atoms with Crippen LogP contribution in [0.15, 0.2) is 35.4 Å². The van der Waals surface area contributed by atoms with Crippen LogP contribution in [0.3, 0.4) is 0 Å². The summed E-state index contributed by atoms with van der Waals surface area (Å²) in [5.74, 6) is -0.658. The highest BCUT2D eigenvalue weighted by Crippen LogP contribution is 2.24. The fourth-order valence-electron chi connectivity index (χ4n) is 2.71. The maximum absolute atomic E-state index is 12.0. The van der Waals surface area contributed by atoms with Crippen molar-refractivity contribution in [2.75, 3.05) is 0 Å². The fourth-order valence-corrected chi connectivity index (χ4v) is 2.71. The molecule has 0 saturated heterocycles. The number of amides is 1. The van der Waals surface area contributed by atoms with Crippen molar-refractivity contribution in [3.63, 3.8) is 0 Å². The quantitative estimate of drug-likeness (QED) is 0.209. The molecule has 0 N–H and O–H groups in total. The SMILES string of the molecule is CCCCCCCCCCC(C(=O)N=[N+]=[N-])c1ccccc1. The minimum Gasteiger partial charge on any atom is -0.292 e. The third-order valence-electron chi connectivity index (χ3n) is 3.99. The number of rotatable bonds is 11. The van der Waals surface area contributed by atoms with Crippen LogP contribution in [-0.2, 0) is 4.79 Å². The van der Waals surface area contributed by atoms with Crippen LogP contribution in [0.5, 0.6) is 0 Å². The second kappa shape index (κ2) is 11.8. The highest BCUT2D eigenvalue weighted by molar-refractivity contribution is 5.84. The Morgan fingerprint density at radius 2 is 1.64 bits per heavy atom. The molecule has 0 heterocycles. The van der Waals surface area contributed by atoms with E-state index in [4.69, 9.17) is 5.53 Å². The van der Waals surface area contributed by atoms with E-state index in [2.05, 4.69) is 16.9 Å². The number of hydrogen-bond acceptors (Lipinski definition) is 1. The van der Waals surface area contributed by atoms with Crippen LogP contribution in [0.25, 0.3) is 10.4 Å². The maximum atomic E-state index is 12.0. The van der Waals surface area contributed by atoms with Gasteiger partial charge in [0.1, 0.15) is 0 Å². The lowest BCUT2D eigenvalue weighted by atomic mass is 9.92. The zero-order chi connectivity index (χ0) is 16.0. The highest BCUT2D eigenvalue weighted by atomic mass is 16.1. The average Bonchev–Trinajstić information content (AvgIpc) is 2.54. The zero-order valence-corrected chi connectivity index (χ0v) is 13.6. The maximum Gasteiger partial charge on any atom is 0.226 e. The number of carbonyl (C=O) groups excluding carboxylic acids is 1. The summed E-state index contributed by atoms with van der Waals surface area (Å²) in [5.41, 5.74) is 9.43. The molecule has 0 aliphatic carbocycles. The summed E-state index contributed by atoms with van der Waals surface area (Å²) < 4.78 is 0. The van der Waals surface area contributed by atoms with Gasteiger partial charge in [-0.1, -0.05) is 88.6 Å². The number of unbranched alkanes of at least 4 members (excludes halogenated alkanes) is 7. The van der Waals surface area contributed by atoms with Crippen molar-refractivity contribution in [1.29, 1.82) is 0 Å². The second-order valence-corrected chi connectivity index (χ2v) is 5.75. The van der Waals surface area contributed by atoms with Crippen molar-refractivity contribution in [2.45, 2.75) is 70.6 Å². The van der Waals surface area contributed by atoms with Gasteiger partial charge < -0.3 is 0 Å². The average molecular weight is 301 g/mol. The number of hydrogen-bond donors (Lipinski definition) is 0. The summed E-state index contributed by atoms with van der Waals surface area (Å²) in [7, 11) is 0. The first kappa shape index (κ1) is 18.2. The number of carbonyl (C=O) groups is 1. The molecule has 0 bridgehead atoms. The molecule has 0 fully saturated rings. The Bertz CT molecular complexity index is 466. The first-order valence-corrected chi connectivity index (χ1v) is 8.43. The molecule has 0 aliphatic heterocycles. The van der Waals surface area contributed by atoms with Crippen molar-refractivity contribution in [3.8, 4) is 0 Å². The Morgan fingerprint density at radius 3 is 2.23 bits per heavy atom. The van der Waals surface area contributed by atoms with Crippen molar-refractivity contribution in [3.05, 3.63) is 46.3 Å². The predicted molar refractivity (Wildman–Crippen MR) is 90.6 cm³/mol. The lowest BCUT2D eigenvalue weighted by Gasteiger charge is -2.13. The van der Waals surface area contributed by atoms with Crippen LogP contribution in [0.2, 0.25) is 0 Å². The van der Waals surface area contributed by atoms with E-state index in [1.54, 1.807) is 0 Å². The molecule has 1 aromatic carbocycles. The fraction of sp³-hybridized carbons (Fsp3) is 0.611. The predicted octanol–water partition coefficient (Wildman–Crippen LogP) is 6.14. The first-order valence-electron chi connectivity index (χ1n) is 8.43. The zero-order valence-electron chi connectivity index (χ0n) is 13.6. The van der Waals surface area contributed by atoms with E-state index in [0.29, 0.717) is 0 Å². The van der Waals surface area contributed by atoms with Gasteiger partial charge >= 0.3 is 0 Å². The molecule has 4 heteroatoms. The highest BCUT2D eigenvalue weighted by Gasteiger charge is 2.18. The lowest BCUT2D eigenvalue weighted by molar-refractivity contribution is -0.119. The van der Waals surface area contributed by atoms with Crippen molar-refractivity contribution in [1.82, 2.24) is 0 Å². The summed E-state index contributed by atoms with van der Waals surface area (Å²) in [6.45, 7) is 2.23. The molecule has 1 unspecified atom stereocenters. The van der Waals surface area contributed by atoms with Gasteiger partial charge in [0.2, 0.25) is 5.91 Å². The van der Waals surface area contributed by atoms with E-state index in [0.717, 1.165) is 24.8 Å². The summed E-state index contributed by atoms with van der Waals surface area (Å²) in [5, 5.41) is 3.29. The van der Waals surface area contributed by atoms with E-state index in [1.165, 1.54) is 38.5 Å². The third kappa shape index (κ3) is 7.28. The molecule has 0 radical (unpaired) electrons. The van der Waals surface area contributed by atoms with Crippen LogP contribution < -0.4 is 0 Å². The molecule has 1 rings (SSSR count). The van der Waals surface area contributed by atoms with E-state index < -0.39 is 0 Å². The largest absolute Gasteiger partial charge is 0.292 e. The second-order valence-electron chi connectivity index (χ2n) is 5.75. The van der Waals surface area contributed by atoms with Gasteiger partial charge in [-0.15, -0.1) is 0 Å². The molecular weight excluding hydrogens is 274 g/mol. The van der Waals surface area contributed by atoms with Gasteiger partial charge in [-0.3, -0.25) is 4.79 Å². The Balaban J connectivity index is 2.36. The Morgan fingerprint density at radius 1 is 1.05 bits per heavy atom. The molecule has 0 aromatic heterocycles. The van der Waals surface area contributed by atoms with Crippen LogP contribution in [0.4, 0.5) is 0 Å². The summed E-state index contributed by atoms with van der Waals surface area (Å²) in [6, 6.07) is 9.62. The van der Waals surface area contributed by atoms with Gasteiger partial charge in [0, 0.05) is 10.8 Å². The van der Waals surface area contributed by atoms with Crippen molar-refractivity contribution < 1.29 is 4.79 Å². The molecular formula is C18H27N3O. The van der Waals surface area contributed by atoms with E-state index in [1.807, 2.05) is 30.3 Å². The third-order valence-corrected chi connectivity index (χ3v) is 3.99. The van der Waals surface area contributed by atoms with Gasteiger partial charge in [0.15, 0.2) is 0 Å². The molecule has 0 saturated carbocycles. The Labute approximate surface area is 133 Å². The summed E-state index contributed by atoms with van der Waals surface area (Å²) in [4.78, 5) is 14.6. The van der Waals surface area contributed by atoms with E-state index in [-0.39, 0.29) is 11.8 Å². The minimum atomic E-state index is -0.364. The summed E-state index contributed by atoms with van der Waals surface area (Å²) >= 11 is 0. The molecule has 4 nitrogen and oxygen atoms in total. The van der Waals surface area contributed by atoms with Gasteiger partial charge in [-0.25, -0.2) is 0 Å². The van der Waals surface area contributed by atoms with Crippen LogP contribution in [-0.4, -0.2) is 5.91 Å². The Kier molecular flexibility index (Phi) is 9.80. The normalized spacial score (nSPS) is 11.7. The standard InChI is InChI=1S/C18H27N3O/c1-2-3-4-5-6-7-8-12-15-17(18(22)20-21-19)16-13-10-9-11-14-16/h9-11,13-14,17H,2-8,12,15H2,1H3. The number of benzene rings is 1. The molecule has 0 aliphatic rings. The van der Waals surface area contributed by atoms with Crippen LogP contribution in [0, 0.1) is 0 Å². The summed E-state index contributed by atoms with van der Waals surface area (Å²) in [6.07, 6.45) is 10.7. The monoisotopic (exact) mass is 301 g/mol. The molecule has 1 atom stereocenters. The minimum absolute atomic E-state index is 0.294. The van der Waals surface area contributed by atoms with Gasteiger partial charge in [0.25, 0.3) is 0 Å². The molecule has 22 heavy (non-hydrogen) atoms. The molecule has 0 spiro atoms. The molecule has 120 valence electrons. The Hall–Kier alpha value is -1.80. The smallest absolute Gasteiger partial charge is 0.226 e. The van der Waals surface area contributed by atoms with Gasteiger partial charge in [-0.2, -0.15) is 0 Å². The molecule has 1 amide bonds. The van der Waals surface area contributed by atoms with Gasteiger partial charge in [0.05, 0.1) is 0 Å². The van der Waals surface area contributed by atoms with Gasteiger partial charge in [-0.05, 0) is 22.6 Å². The first-order chi connectivity index (χ1) is 10.8. The lowest BCUT2D eigenvalue weighted by Crippen LogP contribution is -2.09. The van der Waals surface area contributed by atoms with E-state index >= 15 is 0 Å². The van der Waals surface area contributed by atoms with E-state index in [9.17, 15) is 4.79 Å². The topological polar surface area (TPSA) is 65.8 Å². The van der Waals surface area contributed by atoms with Crippen molar-refractivity contribution >= 4 is 5.91 Å². The number of azide groups is 1. The van der Waals surface area contributed by atoms with Crippen LogP contribution in [0.1, 0.15) is 76.2 Å². The van der Waals surface area contributed by atoms with Crippen molar-refractivity contribution in [2.24, 2.45) is 5.11 Å². The molecule has 1 aromatic rings. The number of nitrogens with zero attached hydrogens (tertiary/aromatic N) is 3. The van der Waals surface area contributed by atoms with Crippen LogP contribution >= 0.6 is 0 Å².